The lowest BCUT2D eigenvalue weighted by Gasteiger charge is -2.20. The van der Waals surface area contributed by atoms with E-state index in [9.17, 15) is 36.6 Å². The third kappa shape index (κ3) is 5.54. The first-order valence-corrected chi connectivity index (χ1v) is 10.9. The summed E-state index contributed by atoms with van der Waals surface area (Å²) in [5.41, 5.74) is -0.262. The van der Waals surface area contributed by atoms with Crippen LogP contribution in [0.15, 0.2) is 40.9 Å². The Balaban J connectivity index is 1.64. The standard InChI is InChI=1S/C23H20F6N4O4/c1-3-16(34)18(35)20-30-14-6-4-11(9-15(14)31-20)19-32-21(37-33-19)12-5-7-17(13(8-12)23(27,28)29)36-10(2)22(24,25)26/h4-10,16,18,34-35H,3H2,1-2H3,(H,30,31). The molecule has 0 radical (unpaired) electrons. The normalized spacial score (nSPS) is 15.1. The minimum absolute atomic E-state index is 0.0155. The van der Waals surface area contributed by atoms with Crippen LogP contribution in [0.25, 0.3) is 33.9 Å². The van der Waals surface area contributed by atoms with E-state index in [1.165, 1.54) is 0 Å². The van der Waals surface area contributed by atoms with Gasteiger partial charge in [-0.15, -0.1) is 0 Å². The Bertz CT molecular complexity index is 1400. The highest BCUT2D eigenvalue weighted by Crippen LogP contribution is 2.40. The molecule has 3 N–H and O–H groups in total. The van der Waals surface area contributed by atoms with Gasteiger partial charge in [-0.05, 0) is 49.7 Å². The number of hydrogen-bond acceptors (Lipinski definition) is 7. The van der Waals surface area contributed by atoms with E-state index in [0.717, 1.165) is 12.1 Å². The molecule has 198 valence electrons. The van der Waals surface area contributed by atoms with E-state index in [-0.39, 0.29) is 23.1 Å². The molecule has 0 saturated heterocycles. The van der Waals surface area contributed by atoms with Gasteiger partial charge in [0.25, 0.3) is 5.89 Å². The number of aromatic amines is 1. The smallest absolute Gasteiger partial charge is 0.425 e. The van der Waals surface area contributed by atoms with Crippen molar-refractivity contribution in [1.29, 1.82) is 0 Å². The molecule has 4 rings (SSSR count). The summed E-state index contributed by atoms with van der Waals surface area (Å²) in [7, 11) is 0. The number of nitrogens with one attached hydrogen (secondary N) is 1. The third-order valence-corrected chi connectivity index (χ3v) is 5.54. The van der Waals surface area contributed by atoms with Crippen molar-refractivity contribution < 1.29 is 45.8 Å². The Morgan fingerprint density at radius 2 is 1.70 bits per heavy atom. The molecule has 0 aliphatic rings. The van der Waals surface area contributed by atoms with Crippen molar-refractivity contribution in [2.75, 3.05) is 0 Å². The Morgan fingerprint density at radius 3 is 2.35 bits per heavy atom. The number of rotatable bonds is 7. The van der Waals surface area contributed by atoms with E-state index in [1.807, 2.05) is 0 Å². The number of alkyl halides is 6. The number of benzene rings is 2. The number of ether oxygens (including phenoxy) is 1. The van der Waals surface area contributed by atoms with Crippen molar-refractivity contribution in [1.82, 2.24) is 20.1 Å². The van der Waals surface area contributed by atoms with Crippen LogP contribution in [-0.4, -0.2) is 48.7 Å². The van der Waals surface area contributed by atoms with E-state index in [0.29, 0.717) is 36.0 Å². The van der Waals surface area contributed by atoms with Gasteiger partial charge in [-0.2, -0.15) is 31.3 Å². The molecule has 0 amide bonds. The summed E-state index contributed by atoms with van der Waals surface area (Å²) in [6.45, 7) is 2.30. The summed E-state index contributed by atoms with van der Waals surface area (Å²) in [6.07, 6.45) is -14.3. The van der Waals surface area contributed by atoms with Crippen LogP contribution in [0.1, 0.15) is 37.8 Å². The second-order valence-corrected chi connectivity index (χ2v) is 8.21. The van der Waals surface area contributed by atoms with Crippen LogP contribution >= 0.6 is 0 Å². The average Bonchev–Trinajstić information content (AvgIpc) is 3.49. The molecule has 0 bridgehead atoms. The summed E-state index contributed by atoms with van der Waals surface area (Å²) >= 11 is 0. The highest BCUT2D eigenvalue weighted by molar-refractivity contribution is 5.80. The summed E-state index contributed by atoms with van der Waals surface area (Å²) in [4.78, 5) is 11.2. The van der Waals surface area contributed by atoms with Crippen LogP contribution in [-0.2, 0) is 6.18 Å². The first-order chi connectivity index (χ1) is 17.3. The number of aliphatic hydroxyl groups is 2. The highest BCUT2D eigenvalue weighted by atomic mass is 19.4. The molecule has 8 nitrogen and oxygen atoms in total. The van der Waals surface area contributed by atoms with Crippen molar-refractivity contribution in [3.05, 3.63) is 47.8 Å². The van der Waals surface area contributed by atoms with Gasteiger partial charge < -0.3 is 24.5 Å². The summed E-state index contributed by atoms with van der Waals surface area (Å²) < 4.78 is 88.7. The van der Waals surface area contributed by atoms with Gasteiger partial charge in [-0.1, -0.05) is 12.1 Å². The molecule has 14 heteroatoms. The molecule has 2 aromatic heterocycles. The maximum atomic E-state index is 13.6. The number of hydrogen-bond donors (Lipinski definition) is 3. The molecule has 0 fully saturated rings. The molecule has 3 unspecified atom stereocenters. The Kier molecular flexibility index (Phi) is 6.90. The van der Waals surface area contributed by atoms with Crippen molar-refractivity contribution in [2.24, 2.45) is 0 Å². The number of halogens is 6. The molecule has 0 spiro atoms. The largest absolute Gasteiger partial charge is 0.481 e. The average molecular weight is 530 g/mol. The van der Waals surface area contributed by atoms with Crippen molar-refractivity contribution in [2.45, 2.75) is 50.9 Å². The lowest BCUT2D eigenvalue weighted by atomic mass is 10.1. The van der Waals surface area contributed by atoms with Gasteiger partial charge in [0.1, 0.15) is 17.7 Å². The summed E-state index contributed by atoms with van der Waals surface area (Å²) in [5.74, 6) is -1.13. The number of aromatic nitrogens is 4. The SMILES string of the molecule is CCC(O)C(O)c1nc2ccc(-c3noc(-c4ccc(OC(C)C(F)(F)F)c(C(F)(F)F)c4)n3)cc2[nH]1. The van der Waals surface area contributed by atoms with Crippen molar-refractivity contribution in [3.63, 3.8) is 0 Å². The van der Waals surface area contributed by atoms with Crippen LogP contribution in [0.3, 0.4) is 0 Å². The van der Waals surface area contributed by atoms with Gasteiger partial charge in [0.2, 0.25) is 5.82 Å². The Morgan fingerprint density at radius 1 is 1.00 bits per heavy atom. The number of fused-ring (bicyclic) bond motifs is 1. The zero-order chi connectivity index (χ0) is 27.1. The van der Waals surface area contributed by atoms with Crippen LogP contribution in [0.5, 0.6) is 5.75 Å². The number of imidazole rings is 1. The maximum absolute atomic E-state index is 13.6. The predicted molar refractivity (Wildman–Crippen MR) is 117 cm³/mol. The zero-order valence-electron chi connectivity index (χ0n) is 19.2. The molecule has 0 aliphatic carbocycles. The molecular weight excluding hydrogens is 510 g/mol. The Hall–Kier alpha value is -3.65. The van der Waals surface area contributed by atoms with Gasteiger partial charge >= 0.3 is 12.4 Å². The molecule has 2 aromatic carbocycles. The molecule has 0 saturated carbocycles. The number of nitrogens with zero attached hydrogens (tertiary/aromatic N) is 3. The lowest BCUT2D eigenvalue weighted by Crippen LogP contribution is -2.31. The third-order valence-electron chi connectivity index (χ3n) is 5.54. The van der Waals surface area contributed by atoms with Crippen molar-refractivity contribution in [3.8, 4) is 28.6 Å². The minimum atomic E-state index is -5.02. The first kappa shape index (κ1) is 26.4. The quantitative estimate of drug-likeness (QED) is 0.273. The zero-order valence-corrected chi connectivity index (χ0v) is 19.2. The monoisotopic (exact) mass is 530 g/mol. The first-order valence-electron chi connectivity index (χ1n) is 10.9. The molecule has 3 atom stereocenters. The van der Waals surface area contributed by atoms with Crippen molar-refractivity contribution >= 4 is 11.0 Å². The number of aliphatic hydroxyl groups excluding tert-OH is 2. The fourth-order valence-electron chi connectivity index (χ4n) is 3.42. The molecule has 37 heavy (non-hydrogen) atoms. The fraction of sp³-hybridized carbons (Fsp3) is 0.348. The maximum Gasteiger partial charge on any atom is 0.425 e. The van der Waals surface area contributed by atoms with E-state index in [1.54, 1.807) is 25.1 Å². The van der Waals surface area contributed by atoms with Gasteiger partial charge in [0.15, 0.2) is 6.10 Å². The molecule has 4 aromatic rings. The predicted octanol–water partition coefficient (Wildman–Crippen LogP) is 5.43. The summed E-state index contributed by atoms with van der Waals surface area (Å²) in [5, 5.41) is 23.8. The van der Waals surface area contributed by atoms with Gasteiger partial charge in [-0.25, -0.2) is 4.98 Å². The summed E-state index contributed by atoms with van der Waals surface area (Å²) in [6, 6.07) is 7.14. The van der Waals surface area contributed by atoms with Crippen LogP contribution < -0.4 is 4.74 Å². The molecule has 2 heterocycles. The molecule has 0 aliphatic heterocycles. The minimum Gasteiger partial charge on any atom is -0.481 e. The highest BCUT2D eigenvalue weighted by Gasteiger charge is 2.41. The lowest BCUT2D eigenvalue weighted by molar-refractivity contribution is -0.191. The second kappa shape index (κ2) is 9.67. The van der Waals surface area contributed by atoms with Gasteiger partial charge in [0.05, 0.1) is 22.7 Å². The van der Waals surface area contributed by atoms with E-state index >= 15 is 0 Å². The fourth-order valence-corrected chi connectivity index (χ4v) is 3.42. The molecular formula is C23H20F6N4O4. The van der Waals surface area contributed by atoms with E-state index in [2.05, 4.69) is 24.8 Å². The topological polar surface area (TPSA) is 117 Å². The van der Waals surface area contributed by atoms with Crippen LogP contribution in [0, 0.1) is 0 Å². The second-order valence-electron chi connectivity index (χ2n) is 8.21. The van der Waals surface area contributed by atoms with Gasteiger partial charge in [0, 0.05) is 11.1 Å². The van der Waals surface area contributed by atoms with E-state index < -0.39 is 42.0 Å². The van der Waals surface area contributed by atoms with Gasteiger partial charge in [-0.3, -0.25) is 0 Å². The van der Waals surface area contributed by atoms with Crippen LogP contribution in [0.2, 0.25) is 0 Å². The van der Waals surface area contributed by atoms with E-state index in [4.69, 9.17) is 4.52 Å². The Labute approximate surface area is 204 Å². The van der Waals surface area contributed by atoms with Crippen LogP contribution in [0.4, 0.5) is 26.3 Å². The number of H-pyrrole nitrogens is 1.